The SMILES string of the molecule is CC(C)(C)c1cc(-c2nc3c(-c4cc(-c5cc6ccccc6cn5)cc5ccccc45)cccc3n2-c2ccc(-c3ccccc3)cc2-c2ccccc2)c(O)c(C(C)(C)C)c1. The van der Waals surface area contributed by atoms with Crippen molar-refractivity contribution in [1.82, 2.24) is 14.5 Å². The van der Waals surface area contributed by atoms with Crippen LogP contribution in [0.15, 0.2) is 182 Å². The first-order chi connectivity index (χ1) is 29.9. The first-order valence-corrected chi connectivity index (χ1v) is 21.5. The molecule has 0 saturated heterocycles. The van der Waals surface area contributed by atoms with Crippen LogP contribution in [0.3, 0.4) is 0 Å². The second kappa shape index (κ2) is 15.0. The zero-order valence-corrected chi connectivity index (χ0v) is 36.1. The Hall–Kier alpha value is -7.30. The Bertz CT molecular complexity index is 3310. The summed E-state index contributed by atoms with van der Waals surface area (Å²) >= 11 is 0. The molecule has 0 aliphatic heterocycles. The summed E-state index contributed by atoms with van der Waals surface area (Å²) in [6, 6.07) is 62.3. The average molecular weight is 804 g/mol. The van der Waals surface area contributed by atoms with E-state index in [4.69, 9.17) is 9.97 Å². The van der Waals surface area contributed by atoms with Crippen LogP contribution in [0.2, 0.25) is 0 Å². The van der Waals surface area contributed by atoms with Crippen molar-refractivity contribution >= 4 is 32.6 Å². The lowest BCUT2D eigenvalue weighted by molar-refractivity contribution is 0.446. The highest BCUT2D eigenvalue weighted by Crippen LogP contribution is 2.46. The van der Waals surface area contributed by atoms with Gasteiger partial charge in [0.05, 0.1) is 28.0 Å². The van der Waals surface area contributed by atoms with Crippen molar-refractivity contribution in [1.29, 1.82) is 0 Å². The number of phenolic OH excluding ortho intramolecular Hbond substituents is 1. The van der Waals surface area contributed by atoms with Gasteiger partial charge in [-0.15, -0.1) is 0 Å². The minimum atomic E-state index is -0.329. The van der Waals surface area contributed by atoms with Crippen molar-refractivity contribution in [3.8, 4) is 67.5 Å². The molecule has 0 fully saturated rings. The number of fused-ring (bicyclic) bond motifs is 3. The summed E-state index contributed by atoms with van der Waals surface area (Å²) in [6.07, 6.45) is 1.96. The molecule has 2 heterocycles. The summed E-state index contributed by atoms with van der Waals surface area (Å²) < 4.78 is 2.28. The first kappa shape index (κ1) is 38.9. The summed E-state index contributed by atoms with van der Waals surface area (Å²) in [7, 11) is 0. The molecular formula is C58H49N3O. The summed E-state index contributed by atoms with van der Waals surface area (Å²) in [5.74, 6) is 0.934. The molecule has 2 aromatic heterocycles. The largest absolute Gasteiger partial charge is 0.507 e. The van der Waals surface area contributed by atoms with E-state index in [1.54, 1.807) is 0 Å². The van der Waals surface area contributed by atoms with E-state index in [0.29, 0.717) is 11.4 Å². The van der Waals surface area contributed by atoms with Crippen LogP contribution in [0, 0.1) is 0 Å². The monoisotopic (exact) mass is 803 g/mol. The maximum Gasteiger partial charge on any atom is 0.149 e. The highest BCUT2D eigenvalue weighted by molar-refractivity contribution is 6.07. The van der Waals surface area contributed by atoms with E-state index in [-0.39, 0.29) is 16.6 Å². The summed E-state index contributed by atoms with van der Waals surface area (Å²) in [6.45, 7) is 13.2. The number of phenols is 1. The zero-order chi connectivity index (χ0) is 42.8. The number of para-hydroxylation sites is 1. The second-order valence-electron chi connectivity index (χ2n) is 18.5. The second-order valence-corrected chi connectivity index (χ2v) is 18.5. The molecule has 0 aliphatic carbocycles. The molecule has 10 rings (SSSR count). The molecule has 0 atom stereocenters. The van der Waals surface area contributed by atoms with Crippen LogP contribution in [-0.2, 0) is 10.8 Å². The van der Waals surface area contributed by atoms with Crippen molar-refractivity contribution in [3.05, 3.63) is 193 Å². The smallest absolute Gasteiger partial charge is 0.149 e. The molecule has 0 bridgehead atoms. The van der Waals surface area contributed by atoms with E-state index in [0.717, 1.165) is 94.0 Å². The summed E-state index contributed by atoms with van der Waals surface area (Å²) in [4.78, 5) is 10.7. The number of hydrogen-bond acceptors (Lipinski definition) is 3. The molecule has 4 nitrogen and oxygen atoms in total. The van der Waals surface area contributed by atoms with Gasteiger partial charge >= 0.3 is 0 Å². The molecule has 4 heteroatoms. The third-order valence-corrected chi connectivity index (χ3v) is 12.2. The van der Waals surface area contributed by atoms with Gasteiger partial charge < -0.3 is 5.11 Å². The van der Waals surface area contributed by atoms with Gasteiger partial charge in [-0.2, -0.15) is 0 Å². The number of aromatic nitrogens is 3. The number of aromatic hydroxyl groups is 1. The molecule has 0 amide bonds. The van der Waals surface area contributed by atoms with E-state index in [9.17, 15) is 5.11 Å². The average Bonchev–Trinajstić information content (AvgIpc) is 3.67. The molecular weight excluding hydrogens is 755 g/mol. The van der Waals surface area contributed by atoms with E-state index in [1.807, 2.05) is 6.20 Å². The topological polar surface area (TPSA) is 50.9 Å². The molecule has 0 spiro atoms. The Labute approximate surface area is 363 Å². The molecule has 0 radical (unpaired) electrons. The Kier molecular flexibility index (Phi) is 9.41. The molecule has 8 aromatic carbocycles. The van der Waals surface area contributed by atoms with E-state index in [2.05, 4.69) is 222 Å². The molecule has 0 aliphatic rings. The Morgan fingerprint density at radius 3 is 1.85 bits per heavy atom. The number of benzene rings is 8. The van der Waals surface area contributed by atoms with Crippen LogP contribution in [0.5, 0.6) is 5.75 Å². The normalized spacial score (nSPS) is 12.1. The van der Waals surface area contributed by atoms with Gasteiger partial charge in [0.25, 0.3) is 0 Å². The predicted molar refractivity (Wildman–Crippen MR) is 260 cm³/mol. The lowest BCUT2D eigenvalue weighted by Gasteiger charge is -2.27. The van der Waals surface area contributed by atoms with Gasteiger partial charge in [-0.1, -0.05) is 175 Å². The fourth-order valence-electron chi connectivity index (χ4n) is 8.86. The van der Waals surface area contributed by atoms with E-state index < -0.39 is 0 Å². The summed E-state index contributed by atoms with van der Waals surface area (Å²) in [5.41, 5.74) is 13.4. The van der Waals surface area contributed by atoms with Gasteiger partial charge in [0.2, 0.25) is 0 Å². The van der Waals surface area contributed by atoms with Crippen LogP contribution in [0.1, 0.15) is 52.7 Å². The first-order valence-electron chi connectivity index (χ1n) is 21.5. The van der Waals surface area contributed by atoms with Crippen molar-refractivity contribution in [2.45, 2.75) is 52.4 Å². The Morgan fingerprint density at radius 2 is 1.13 bits per heavy atom. The minimum Gasteiger partial charge on any atom is -0.507 e. The van der Waals surface area contributed by atoms with Crippen LogP contribution >= 0.6 is 0 Å². The van der Waals surface area contributed by atoms with E-state index >= 15 is 0 Å². The molecule has 0 unspecified atom stereocenters. The number of hydrogen-bond donors (Lipinski definition) is 1. The summed E-state index contributed by atoms with van der Waals surface area (Å²) in [5, 5.41) is 17.1. The van der Waals surface area contributed by atoms with E-state index in [1.165, 1.54) is 0 Å². The fourth-order valence-corrected chi connectivity index (χ4v) is 8.86. The lowest BCUT2D eigenvalue weighted by atomic mass is 9.79. The third kappa shape index (κ3) is 6.92. The highest BCUT2D eigenvalue weighted by Gasteiger charge is 2.29. The van der Waals surface area contributed by atoms with Gasteiger partial charge in [0.15, 0.2) is 0 Å². The maximum absolute atomic E-state index is 12.5. The van der Waals surface area contributed by atoms with Crippen molar-refractivity contribution in [2.75, 3.05) is 0 Å². The van der Waals surface area contributed by atoms with Gasteiger partial charge in [-0.25, -0.2) is 4.98 Å². The fraction of sp³-hybridized carbons (Fsp3) is 0.138. The standard InChI is InChI=1S/C58H49N3O/c1-57(2,3)44-34-49(55(62)50(35-44)58(4,5)6)56-60-54-46(48-32-43(30-41-23-15-16-25-45(41)48)51-33-39-22-13-14-24-42(39)36-59-51)26-17-27-53(54)61(56)52-29-28-40(37-18-9-7-10-19-37)31-47(52)38-20-11-8-12-21-38/h7-36,62H,1-6H3. The predicted octanol–water partition coefficient (Wildman–Crippen LogP) is 15.4. The van der Waals surface area contributed by atoms with Crippen LogP contribution < -0.4 is 0 Å². The lowest BCUT2D eigenvalue weighted by Crippen LogP contribution is -2.17. The number of nitrogens with zero attached hydrogens (tertiary/aromatic N) is 3. The van der Waals surface area contributed by atoms with Crippen molar-refractivity contribution < 1.29 is 5.11 Å². The van der Waals surface area contributed by atoms with Crippen LogP contribution in [0.4, 0.5) is 0 Å². The zero-order valence-electron chi connectivity index (χ0n) is 36.1. The molecule has 62 heavy (non-hydrogen) atoms. The quantitative estimate of drug-likeness (QED) is 0.182. The van der Waals surface area contributed by atoms with Crippen molar-refractivity contribution in [2.24, 2.45) is 0 Å². The Morgan fingerprint density at radius 1 is 0.468 bits per heavy atom. The molecule has 0 saturated carbocycles. The van der Waals surface area contributed by atoms with Crippen LogP contribution in [-0.4, -0.2) is 19.6 Å². The third-order valence-electron chi connectivity index (χ3n) is 12.2. The molecule has 302 valence electrons. The molecule has 10 aromatic rings. The Balaban J connectivity index is 1.31. The van der Waals surface area contributed by atoms with Gasteiger partial charge in [-0.3, -0.25) is 9.55 Å². The van der Waals surface area contributed by atoms with Gasteiger partial charge in [0, 0.05) is 33.8 Å². The van der Waals surface area contributed by atoms with Crippen molar-refractivity contribution in [3.63, 3.8) is 0 Å². The highest BCUT2D eigenvalue weighted by atomic mass is 16.3. The van der Waals surface area contributed by atoms with Crippen LogP contribution in [0.25, 0.3) is 94.3 Å². The number of imidazole rings is 1. The number of rotatable bonds is 6. The minimum absolute atomic E-state index is 0.187. The number of pyridine rings is 1. The van der Waals surface area contributed by atoms with Gasteiger partial charge in [0.1, 0.15) is 11.6 Å². The van der Waals surface area contributed by atoms with Gasteiger partial charge in [-0.05, 0) is 97.3 Å². The molecule has 1 N–H and O–H groups in total. The maximum atomic E-state index is 12.5.